The van der Waals surface area contributed by atoms with Gasteiger partial charge in [0, 0.05) is 5.92 Å². The SMILES string of the molecule is O=Cc1ccc(-n2cnc(C3CC3)n2)cn1. The van der Waals surface area contributed by atoms with Crippen molar-refractivity contribution in [1.82, 2.24) is 19.7 Å². The number of nitrogens with zero attached hydrogens (tertiary/aromatic N) is 4. The topological polar surface area (TPSA) is 60.7 Å². The van der Waals surface area contributed by atoms with E-state index in [0.29, 0.717) is 11.6 Å². The Morgan fingerprint density at radius 2 is 2.19 bits per heavy atom. The summed E-state index contributed by atoms with van der Waals surface area (Å²) in [6, 6.07) is 3.48. The molecular formula is C11H10N4O. The van der Waals surface area contributed by atoms with E-state index in [-0.39, 0.29) is 0 Å². The second-order valence-electron chi connectivity index (χ2n) is 3.88. The van der Waals surface area contributed by atoms with Crippen LogP contribution < -0.4 is 0 Å². The van der Waals surface area contributed by atoms with E-state index >= 15 is 0 Å². The van der Waals surface area contributed by atoms with Crippen LogP contribution >= 0.6 is 0 Å². The van der Waals surface area contributed by atoms with Crippen LogP contribution in [0.4, 0.5) is 0 Å². The Kier molecular flexibility index (Phi) is 2.02. The summed E-state index contributed by atoms with van der Waals surface area (Å²) < 4.78 is 1.69. The van der Waals surface area contributed by atoms with E-state index in [4.69, 9.17) is 0 Å². The summed E-state index contributed by atoms with van der Waals surface area (Å²) in [5, 5.41) is 4.38. The molecule has 0 bridgehead atoms. The quantitative estimate of drug-likeness (QED) is 0.723. The average Bonchev–Trinajstić information content (AvgIpc) is 3.08. The van der Waals surface area contributed by atoms with Gasteiger partial charge in [-0.2, -0.15) is 5.10 Å². The minimum absolute atomic E-state index is 0.422. The van der Waals surface area contributed by atoms with Crippen LogP contribution in [0.1, 0.15) is 35.1 Å². The van der Waals surface area contributed by atoms with Gasteiger partial charge >= 0.3 is 0 Å². The van der Waals surface area contributed by atoms with Gasteiger partial charge < -0.3 is 0 Å². The normalized spacial score (nSPS) is 15.0. The molecule has 1 aliphatic rings. The number of hydrogen-bond donors (Lipinski definition) is 0. The van der Waals surface area contributed by atoms with Crippen LogP contribution in [0, 0.1) is 0 Å². The summed E-state index contributed by atoms with van der Waals surface area (Å²) in [5.74, 6) is 1.45. The number of rotatable bonds is 3. The lowest BCUT2D eigenvalue weighted by Crippen LogP contribution is -1.97. The Bertz CT molecular complexity index is 513. The zero-order chi connectivity index (χ0) is 11.0. The zero-order valence-corrected chi connectivity index (χ0v) is 8.58. The maximum absolute atomic E-state index is 10.5. The predicted molar refractivity (Wildman–Crippen MR) is 56.5 cm³/mol. The first kappa shape index (κ1) is 9.21. The van der Waals surface area contributed by atoms with Crippen molar-refractivity contribution in [2.24, 2.45) is 0 Å². The molecule has 0 aromatic carbocycles. The van der Waals surface area contributed by atoms with Gasteiger partial charge in [0.25, 0.3) is 0 Å². The number of carbonyl (C=O) groups excluding carboxylic acids is 1. The number of hydrogen-bond acceptors (Lipinski definition) is 4. The molecule has 1 saturated carbocycles. The van der Waals surface area contributed by atoms with Crippen LogP contribution in [-0.4, -0.2) is 26.0 Å². The van der Waals surface area contributed by atoms with Gasteiger partial charge in [-0.25, -0.2) is 9.67 Å². The first-order valence-electron chi connectivity index (χ1n) is 5.20. The molecule has 0 unspecified atom stereocenters. The summed E-state index contributed by atoms with van der Waals surface area (Å²) in [6.45, 7) is 0. The fourth-order valence-corrected chi connectivity index (χ4v) is 1.53. The molecule has 0 amide bonds. The number of aldehydes is 1. The zero-order valence-electron chi connectivity index (χ0n) is 8.58. The Labute approximate surface area is 92.2 Å². The largest absolute Gasteiger partial charge is 0.296 e. The molecular weight excluding hydrogens is 204 g/mol. The molecule has 5 nitrogen and oxygen atoms in total. The van der Waals surface area contributed by atoms with Crippen molar-refractivity contribution in [3.8, 4) is 5.69 Å². The van der Waals surface area contributed by atoms with Crippen molar-refractivity contribution in [3.63, 3.8) is 0 Å². The van der Waals surface area contributed by atoms with Crippen molar-refractivity contribution in [2.75, 3.05) is 0 Å². The first-order chi connectivity index (χ1) is 7.86. The lowest BCUT2D eigenvalue weighted by Gasteiger charge is -1.98. The maximum atomic E-state index is 10.5. The van der Waals surface area contributed by atoms with E-state index in [2.05, 4.69) is 15.1 Å². The Balaban J connectivity index is 1.91. The monoisotopic (exact) mass is 214 g/mol. The van der Waals surface area contributed by atoms with Gasteiger partial charge in [-0.15, -0.1) is 0 Å². The van der Waals surface area contributed by atoms with Gasteiger partial charge in [-0.05, 0) is 25.0 Å². The molecule has 0 aliphatic heterocycles. The summed E-state index contributed by atoms with van der Waals surface area (Å²) in [4.78, 5) is 18.7. The first-order valence-corrected chi connectivity index (χ1v) is 5.20. The molecule has 16 heavy (non-hydrogen) atoms. The number of pyridine rings is 1. The molecule has 0 spiro atoms. The Morgan fingerprint density at radius 1 is 1.31 bits per heavy atom. The van der Waals surface area contributed by atoms with Crippen LogP contribution in [0.5, 0.6) is 0 Å². The van der Waals surface area contributed by atoms with Crippen molar-refractivity contribution in [1.29, 1.82) is 0 Å². The molecule has 2 aromatic heterocycles. The number of carbonyl (C=O) groups is 1. The van der Waals surface area contributed by atoms with E-state index in [9.17, 15) is 4.79 Å². The Hall–Kier alpha value is -2.04. The molecule has 0 N–H and O–H groups in total. The highest BCUT2D eigenvalue weighted by Gasteiger charge is 2.27. The minimum atomic E-state index is 0.422. The summed E-state index contributed by atoms with van der Waals surface area (Å²) in [6.07, 6.45) is 6.40. The van der Waals surface area contributed by atoms with Gasteiger partial charge in [0.15, 0.2) is 12.1 Å². The van der Waals surface area contributed by atoms with Gasteiger partial charge in [0.1, 0.15) is 12.0 Å². The highest BCUT2D eigenvalue weighted by molar-refractivity contribution is 5.71. The van der Waals surface area contributed by atoms with E-state index < -0.39 is 0 Å². The molecule has 3 rings (SSSR count). The van der Waals surface area contributed by atoms with Crippen LogP contribution in [0.25, 0.3) is 5.69 Å². The number of aromatic nitrogens is 4. The molecule has 2 heterocycles. The summed E-state index contributed by atoms with van der Waals surface area (Å²) in [7, 11) is 0. The molecule has 1 aliphatic carbocycles. The lowest BCUT2D eigenvalue weighted by molar-refractivity contribution is 0.111. The maximum Gasteiger partial charge on any atom is 0.168 e. The van der Waals surface area contributed by atoms with Gasteiger partial charge in [-0.1, -0.05) is 0 Å². The third-order valence-corrected chi connectivity index (χ3v) is 2.61. The van der Waals surface area contributed by atoms with Crippen molar-refractivity contribution in [2.45, 2.75) is 18.8 Å². The third-order valence-electron chi connectivity index (χ3n) is 2.61. The molecule has 1 fully saturated rings. The van der Waals surface area contributed by atoms with Crippen LogP contribution in [0.3, 0.4) is 0 Å². The summed E-state index contributed by atoms with van der Waals surface area (Å²) >= 11 is 0. The van der Waals surface area contributed by atoms with E-state index in [1.54, 1.807) is 23.3 Å². The van der Waals surface area contributed by atoms with Crippen LogP contribution in [0.15, 0.2) is 24.7 Å². The van der Waals surface area contributed by atoms with Gasteiger partial charge in [0.05, 0.1) is 11.9 Å². The molecule has 0 radical (unpaired) electrons. The predicted octanol–water partition coefficient (Wildman–Crippen LogP) is 1.35. The molecule has 0 saturated heterocycles. The van der Waals surface area contributed by atoms with Crippen molar-refractivity contribution < 1.29 is 4.79 Å². The van der Waals surface area contributed by atoms with Crippen LogP contribution in [0.2, 0.25) is 0 Å². The second kappa shape index (κ2) is 3.52. The third kappa shape index (κ3) is 1.60. The molecule has 2 aromatic rings. The van der Waals surface area contributed by atoms with Crippen molar-refractivity contribution in [3.05, 3.63) is 36.2 Å². The van der Waals surface area contributed by atoms with Crippen LogP contribution in [-0.2, 0) is 0 Å². The second-order valence-corrected chi connectivity index (χ2v) is 3.88. The van der Waals surface area contributed by atoms with Gasteiger partial charge in [0.2, 0.25) is 0 Å². The lowest BCUT2D eigenvalue weighted by atomic mass is 10.3. The van der Waals surface area contributed by atoms with E-state index in [1.165, 1.54) is 12.8 Å². The van der Waals surface area contributed by atoms with Gasteiger partial charge in [-0.3, -0.25) is 9.78 Å². The summed E-state index contributed by atoms with van der Waals surface area (Å²) in [5.41, 5.74) is 1.25. The molecule has 0 atom stereocenters. The fraction of sp³-hybridized carbons (Fsp3) is 0.273. The van der Waals surface area contributed by atoms with E-state index in [0.717, 1.165) is 17.8 Å². The molecule has 80 valence electrons. The minimum Gasteiger partial charge on any atom is -0.296 e. The van der Waals surface area contributed by atoms with Crippen molar-refractivity contribution >= 4 is 6.29 Å². The highest BCUT2D eigenvalue weighted by atomic mass is 16.1. The average molecular weight is 214 g/mol. The van der Waals surface area contributed by atoms with E-state index in [1.807, 2.05) is 6.07 Å². The Morgan fingerprint density at radius 3 is 2.81 bits per heavy atom. The standard InChI is InChI=1S/C11H10N4O/c16-6-9-3-4-10(5-12-9)15-7-13-11(14-15)8-1-2-8/h3-8H,1-2H2. The fourth-order valence-electron chi connectivity index (χ4n) is 1.53. The molecule has 5 heteroatoms. The highest BCUT2D eigenvalue weighted by Crippen LogP contribution is 2.37. The smallest absolute Gasteiger partial charge is 0.168 e.